The molecular weight excluding hydrogens is 528 g/mol. The van der Waals surface area contributed by atoms with Gasteiger partial charge in [-0.05, 0) is 18.8 Å². The number of carbonyl (C=O) groups is 3. The first-order valence-electron chi connectivity index (χ1n) is 17.9. The quantitative estimate of drug-likeness (QED) is 0.0450. The Morgan fingerprint density at radius 2 is 0.786 bits per heavy atom. The van der Waals surface area contributed by atoms with Crippen LogP contribution in [0.4, 0.5) is 0 Å². The number of esters is 3. The molecule has 6 heteroatoms. The van der Waals surface area contributed by atoms with Crippen LogP contribution in [0.1, 0.15) is 188 Å². The lowest BCUT2D eigenvalue weighted by Gasteiger charge is -2.18. The molecule has 0 rings (SSSR count). The van der Waals surface area contributed by atoms with Gasteiger partial charge in [-0.15, -0.1) is 0 Å². The second kappa shape index (κ2) is 30.9. The van der Waals surface area contributed by atoms with Gasteiger partial charge in [0, 0.05) is 19.3 Å². The second-order valence-corrected chi connectivity index (χ2v) is 12.6. The molecule has 0 bridgehead atoms. The molecule has 0 amide bonds. The molecule has 6 nitrogen and oxygen atoms in total. The molecule has 1 unspecified atom stereocenters. The van der Waals surface area contributed by atoms with Crippen molar-refractivity contribution >= 4 is 17.9 Å². The molecule has 0 aliphatic carbocycles. The standard InChI is InChI=1S/C36H68O6/c1-5-7-9-11-13-15-17-19-21-23-25-27-34(37)40-30-33(31-41-36(39)29-32(3)4)42-35(38)28-26-24-22-20-18-16-14-12-10-8-6-2/h32-33H,5-31H2,1-4H3. The number of ether oxygens (including phenoxy) is 3. The Bertz CT molecular complexity index is 632. The minimum absolute atomic E-state index is 0.0736. The zero-order valence-electron chi connectivity index (χ0n) is 28.2. The summed E-state index contributed by atoms with van der Waals surface area (Å²) in [6.45, 7) is 8.23. The van der Waals surface area contributed by atoms with Crippen LogP contribution in [0.3, 0.4) is 0 Å². The summed E-state index contributed by atoms with van der Waals surface area (Å²) in [5, 5.41) is 0. The van der Waals surface area contributed by atoms with E-state index in [0.717, 1.165) is 38.5 Å². The summed E-state index contributed by atoms with van der Waals surface area (Å²) in [5.74, 6) is -0.755. The van der Waals surface area contributed by atoms with E-state index in [9.17, 15) is 14.4 Å². The average molecular weight is 597 g/mol. The Balaban J connectivity index is 4.15. The summed E-state index contributed by atoms with van der Waals surface area (Å²) >= 11 is 0. The van der Waals surface area contributed by atoms with Crippen molar-refractivity contribution in [3.05, 3.63) is 0 Å². The highest BCUT2D eigenvalue weighted by atomic mass is 16.6. The number of carbonyl (C=O) groups excluding carboxylic acids is 3. The first-order chi connectivity index (χ1) is 20.4. The summed E-state index contributed by atoms with van der Waals surface area (Å²) in [5.41, 5.74) is 0. The van der Waals surface area contributed by atoms with Crippen molar-refractivity contribution in [1.29, 1.82) is 0 Å². The summed E-state index contributed by atoms with van der Waals surface area (Å²) in [4.78, 5) is 36.8. The van der Waals surface area contributed by atoms with E-state index in [4.69, 9.17) is 14.2 Å². The van der Waals surface area contributed by atoms with Crippen molar-refractivity contribution in [3.63, 3.8) is 0 Å². The minimum atomic E-state index is -0.761. The third kappa shape index (κ3) is 29.9. The lowest BCUT2D eigenvalue weighted by molar-refractivity contribution is -0.167. The molecule has 0 spiro atoms. The third-order valence-corrected chi connectivity index (χ3v) is 7.70. The van der Waals surface area contributed by atoms with E-state index in [2.05, 4.69) is 13.8 Å². The van der Waals surface area contributed by atoms with Crippen LogP contribution in [0, 0.1) is 5.92 Å². The van der Waals surface area contributed by atoms with Crippen LogP contribution >= 0.6 is 0 Å². The summed E-state index contributed by atoms with van der Waals surface area (Å²) in [6, 6.07) is 0. The molecule has 248 valence electrons. The SMILES string of the molecule is CCCCCCCCCCCCCC(=O)OCC(COC(=O)CC(C)C)OC(=O)CCCCCCCCCCCCC. The molecule has 0 saturated heterocycles. The fourth-order valence-corrected chi connectivity index (χ4v) is 5.06. The van der Waals surface area contributed by atoms with Crippen LogP contribution in [0.5, 0.6) is 0 Å². The third-order valence-electron chi connectivity index (χ3n) is 7.70. The van der Waals surface area contributed by atoms with Gasteiger partial charge in [0.2, 0.25) is 0 Å². The van der Waals surface area contributed by atoms with Gasteiger partial charge in [0.05, 0.1) is 0 Å². The molecular formula is C36H68O6. The zero-order chi connectivity index (χ0) is 31.1. The van der Waals surface area contributed by atoms with Crippen LogP contribution in [0.15, 0.2) is 0 Å². The van der Waals surface area contributed by atoms with E-state index in [0.29, 0.717) is 19.3 Å². The minimum Gasteiger partial charge on any atom is -0.462 e. The fraction of sp³-hybridized carbons (Fsp3) is 0.917. The van der Waals surface area contributed by atoms with Crippen molar-refractivity contribution in [2.45, 2.75) is 194 Å². The van der Waals surface area contributed by atoms with Crippen molar-refractivity contribution < 1.29 is 28.6 Å². The predicted octanol–water partition coefficient (Wildman–Crippen LogP) is 10.4. The maximum absolute atomic E-state index is 12.5. The largest absolute Gasteiger partial charge is 0.462 e. The maximum atomic E-state index is 12.5. The Morgan fingerprint density at radius 1 is 0.452 bits per heavy atom. The van der Waals surface area contributed by atoms with Gasteiger partial charge in [-0.3, -0.25) is 14.4 Å². The van der Waals surface area contributed by atoms with Crippen molar-refractivity contribution in [2.24, 2.45) is 5.92 Å². The zero-order valence-corrected chi connectivity index (χ0v) is 28.2. The Kier molecular flexibility index (Phi) is 29.7. The van der Waals surface area contributed by atoms with E-state index in [1.165, 1.54) is 103 Å². The number of hydrogen-bond donors (Lipinski definition) is 0. The molecule has 0 aromatic heterocycles. The van der Waals surface area contributed by atoms with Gasteiger partial charge in [-0.2, -0.15) is 0 Å². The van der Waals surface area contributed by atoms with Gasteiger partial charge in [0.1, 0.15) is 13.2 Å². The normalized spacial score (nSPS) is 11.9. The van der Waals surface area contributed by atoms with Crippen molar-refractivity contribution in [3.8, 4) is 0 Å². The highest BCUT2D eigenvalue weighted by Crippen LogP contribution is 2.14. The number of unbranched alkanes of at least 4 members (excludes halogenated alkanes) is 20. The molecule has 1 atom stereocenters. The number of rotatable bonds is 31. The molecule has 0 heterocycles. The summed E-state index contributed by atoms with van der Waals surface area (Å²) < 4.78 is 16.3. The van der Waals surface area contributed by atoms with E-state index in [1.807, 2.05) is 13.8 Å². The van der Waals surface area contributed by atoms with Gasteiger partial charge in [-0.25, -0.2) is 0 Å². The first kappa shape index (κ1) is 40.4. The van der Waals surface area contributed by atoms with Gasteiger partial charge in [-0.1, -0.05) is 156 Å². The van der Waals surface area contributed by atoms with E-state index >= 15 is 0 Å². The van der Waals surface area contributed by atoms with Gasteiger partial charge < -0.3 is 14.2 Å². The molecule has 0 aliphatic heterocycles. The Morgan fingerprint density at radius 3 is 1.17 bits per heavy atom. The van der Waals surface area contributed by atoms with E-state index in [1.54, 1.807) is 0 Å². The summed E-state index contributed by atoms with van der Waals surface area (Å²) in [6.07, 6.45) is 27.1. The van der Waals surface area contributed by atoms with E-state index in [-0.39, 0.29) is 37.0 Å². The molecule has 0 aliphatic rings. The van der Waals surface area contributed by atoms with Crippen LogP contribution in [0.2, 0.25) is 0 Å². The monoisotopic (exact) mass is 597 g/mol. The Labute approximate surface area is 259 Å². The Hall–Kier alpha value is -1.59. The topological polar surface area (TPSA) is 78.9 Å². The smallest absolute Gasteiger partial charge is 0.306 e. The van der Waals surface area contributed by atoms with Crippen LogP contribution < -0.4 is 0 Å². The highest BCUT2D eigenvalue weighted by molar-refractivity contribution is 5.71. The average Bonchev–Trinajstić information content (AvgIpc) is 2.95. The molecule has 0 radical (unpaired) electrons. The molecule has 0 N–H and O–H groups in total. The summed E-state index contributed by atoms with van der Waals surface area (Å²) in [7, 11) is 0. The van der Waals surface area contributed by atoms with Crippen molar-refractivity contribution in [1.82, 2.24) is 0 Å². The van der Waals surface area contributed by atoms with Crippen molar-refractivity contribution in [2.75, 3.05) is 13.2 Å². The van der Waals surface area contributed by atoms with Gasteiger partial charge in [0.25, 0.3) is 0 Å². The molecule has 0 aromatic rings. The first-order valence-corrected chi connectivity index (χ1v) is 17.9. The van der Waals surface area contributed by atoms with Gasteiger partial charge in [0.15, 0.2) is 6.10 Å². The molecule has 0 saturated carbocycles. The lowest BCUT2D eigenvalue weighted by atomic mass is 10.1. The van der Waals surface area contributed by atoms with Crippen LogP contribution in [-0.2, 0) is 28.6 Å². The molecule has 0 aromatic carbocycles. The predicted molar refractivity (Wildman–Crippen MR) is 173 cm³/mol. The van der Waals surface area contributed by atoms with Gasteiger partial charge >= 0.3 is 17.9 Å². The van der Waals surface area contributed by atoms with E-state index < -0.39 is 6.10 Å². The lowest BCUT2D eigenvalue weighted by Crippen LogP contribution is -2.31. The fourth-order valence-electron chi connectivity index (χ4n) is 5.06. The highest BCUT2D eigenvalue weighted by Gasteiger charge is 2.19. The maximum Gasteiger partial charge on any atom is 0.306 e. The van der Waals surface area contributed by atoms with Crippen LogP contribution in [-0.4, -0.2) is 37.2 Å². The number of hydrogen-bond acceptors (Lipinski definition) is 6. The second-order valence-electron chi connectivity index (χ2n) is 12.6. The molecule has 42 heavy (non-hydrogen) atoms. The molecule has 0 fully saturated rings. The van der Waals surface area contributed by atoms with Crippen LogP contribution in [0.25, 0.3) is 0 Å².